The summed E-state index contributed by atoms with van der Waals surface area (Å²) in [4.78, 5) is 12.2. The Morgan fingerprint density at radius 3 is 2.65 bits per heavy atom. The average molecular weight is 254 g/mol. The lowest BCUT2D eigenvalue weighted by molar-refractivity contribution is 0.0615. The Morgan fingerprint density at radius 2 is 2.06 bits per heavy atom. The van der Waals surface area contributed by atoms with Gasteiger partial charge in [0.15, 0.2) is 5.44 Å². The van der Waals surface area contributed by atoms with Crippen molar-refractivity contribution in [3.05, 3.63) is 30.3 Å². The van der Waals surface area contributed by atoms with E-state index < -0.39 is 6.16 Å². The summed E-state index contributed by atoms with van der Waals surface area (Å²) in [5, 5.41) is 0. The van der Waals surface area contributed by atoms with Crippen LogP contribution in [0, 0.1) is 0 Å². The van der Waals surface area contributed by atoms with Crippen LogP contribution in [0.3, 0.4) is 0 Å². The summed E-state index contributed by atoms with van der Waals surface area (Å²) in [6, 6.07) is 9.91. The lowest BCUT2D eigenvalue weighted by Crippen LogP contribution is -2.14. The Labute approximate surface area is 106 Å². The third-order valence-corrected chi connectivity index (χ3v) is 3.34. The van der Waals surface area contributed by atoms with E-state index >= 15 is 0 Å². The summed E-state index contributed by atoms with van der Waals surface area (Å²) >= 11 is 1.55. The van der Waals surface area contributed by atoms with Crippen molar-refractivity contribution in [1.82, 2.24) is 0 Å². The minimum atomic E-state index is -0.616. The highest BCUT2D eigenvalue weighted by molar-refractivity contribution is 7.99. The molecule has 0 fully saturated rings. The van der Waals surface area contributed by atoms with Crippen LogP contribution in [-0.4, -0.2) is 18.7 Å². The van der Waals surface area contributed by atoms with E-state index in [0.29, 0.717) is 0 Å². The van der Waals surface area contributed by atoms with E-state index in [-0.39, 0.29) is 5.44 Å². The Kier molecular flexibility index (Phi) is 6.55. The van der Waals surface area contributed by atoms with E-state index in [1.54, 1.807) is 11.8 Å². The van der Waals surface area contributed by atoms with Crippen LogP contribution in [0.4, 0.5) is 4.79 Å². The van der Waals surface area contributed by atoms with Crippen molar-refractivity contribution >= 4 is 17.9 Å². The molecule has 1 rings (SSSR count). The van der Waals surface area contributed by atoms with Crippen LogP contribution >= 0.6 is 11.8 Å². The quantitative estimate of drug-likeness (QED) is 0.435. The molecule has 0 saturated carbocycles. The molecule has 94 valence electrons. The molecule has 1 atom stereocenters. The molecule has 17 heavy (non-hydrogen) atoms. The van der Waals surface area contributed by atoms with Crippen molar-refractivity contribution in [1.29, 1.82) is 0 Å². The van der Waals surface area contributed by atoms with E-state index in [0.717, 1.165) is 24.2 Å². The van der Waals surface area contributed by atoms with Crippen LogP contribution in [0.2, 0.25) is 0 Å². The number of methoxy groups -OCH3 is 1. The summed E-state index contributed by atoms with van der Waals surface area (Å²) in [7, 11) is 1.33. The molecule has 0 aromatic heterocycles. The largest absolute Gasteiger partial charge is 0.509 e. The fourth-order valence-electron chi connectivity index (χ4n) is 1.32. The minimum absolute atomic E-state index is 0.176. The molecule has 1 aromatic carbocycles. The fourth-order valence-corrected chi connectivity index (χ4v) is 2.35. The van der Waals surface area contributed by atoms with Gasteiger partial charge in [-0.1, -0.05) is 43.3 Å². The second-order valence-electron chi connectivity index (χ2n) is 3.57. The van der Waals surface area contributed by atoms with Crippen molar-refractivity contribution in [2.24, 2.45) is 0 Å². The standard InChI is InChI=1S/C13H18O3S/c1-3-4-10-12(16-13(14)15-2)17-11-8-6-5-7-9-11/h5-9,12H,3-4,10H2,1-2H3. The van der Waals surface area contributed by atoms with Crippen molar-refractivity contribution in [2.45, 2.75) is 36.5 Å². The second kappa shape index (κ2) is 8.01. The molecule has 3 nitrogen and oxygen atoms in total. The molecule has 0 amide bonds. The Balaban J connectivity index is 2.53. The van der Waals surface area contributed by atoms with E-state index in [9.17, 15) is 4.79 Å². The van der Waals surface area contributed by atoms with Crippen molar-refractivity contribution in [2.75, 3.05) is 7.11 Å². The zero-order chi connectivity index (χ0) is 12.5. The van der Waals surface area contributed by atoms with Gasteiger partial charge in [-0.3, -0.25) is 0 Å². The minimum Gasteiger partial charge on any atom is -0.438 e. The van der Waals surface area contributed by atoms with Gasteiger partial charge in [0.1, 0.15) is 0 Å². The third kappa shape index (κ3) is 5.63. The first-order valence-corrected chi connectivity index (χ1v) is 6.60. The van der Waals surface area contributed by atoms with Crippen LogP contribution in [0.1, 0.15) is 26.2 Å². The molecule has 1 aromatic rings. The Hall–Kier alpha value is -1.16. The lowest BCUT2D eigenvalue weighted by Gasteiger charge is -2.16. The van der Waals surface area contributed by atoms with E-state index in [1.165, 1.54) is 7.11 Å². The Bertz CT molecular complexity index is 327. The molecule has 4 heteroatoms. The third-order valence-electron chi connectivity index (χ3n) is 2.20. The van der Waals surface area contributed by atoms with E-state index in [4.69, 9.17) is 4.74 Å². The van der Waals surface area contributed by atoms with Gasteiger partial charge in [0.05, 0.1) is 7.11 Å². The van der Waals surface area contributed by atoms with Gasteiger partial charge in [0.2, 0.25) is 0 Å². The first-order chi connectivity index (χ1) is 8.26. The first-order valence-electron chi connectivity index (χ1n) is 5.72. The Morgan fingerprint density at radius 1 is 1.35 bits per heavy atom. The molecule has 0 spiro atoms. The summed E-state index contributed by atoms with van der Waals surface area (Å²) in [6.07, 6.45) is 2.33. The molecule has 0 saturated heterocycles. The van der Waals surface area contributed by atoms with E-state index in [2.05, 4.69) is 11.7 Å². The summed E-state index contributed by atoms with van der Waals surface area (Å²) in [6.45, 7) is 2.11. The van der Waals surface area contributed by atoms with Gasteiger partial charge < -0.3 is 9.47 Å². The molecule has 0 aliphatic carbocycles. The molecule has 0 aliphatic heterocycles. The SMILES string of the molecule is CCCCC(OC(=O)OC)Sc1ccccc1. The predicted molar refractivity (Wildman–Crippen MR) is 69.1 cm³/mol. The van der Waals surface area contributed by atoms with Crippen molar-refractivity contribution < 1.29 is 14.3 Å². The molecule has 1 unspecified atom stereocenters. The number of carbonyl (C=O) groups excluding carboxylic acids is 1. The lowest BCUT2D eigenvalue weighted by atomic mass is 10.3. The zero-order valence-electron chi connectivity index (χ0n) is 10.2. The number of thioether (sulfide) groups is 1. The van der Waals surface area contributed by atoms with Crippen LogP contribution in [0.15, 0.2) is 35.2 Å². The number of ether oxygens (including phenoxy) is 2. The molecular weight excluding hydrogens is 236 g/mol. The van der Waals surface area contributed by atoms with Crippen molar-refractivity contribution in [3.63, 3.8) is 0 Å². The monoisotopic (exact) mass is 254 g/mol. The fraction of sp³-hybridized carbons (Fsp3) is 0.462. The maximum Gasteiger partial charge on any atom is 0.509 e. The van der Waals surface area contributed by atoms with Gasteiger partial charge in [-0.25, -0.2) is 4.79 Å². The molecule has 0 heterocycles. The maximum absolute atomic E-state index is 11.1. The molecule has 0 aliphatic rings. The van der Waals surface area contributed by atoms with Gasteiger partial charge in [-0.2, -0.15) is 0 Å². The average Bonchev–Trinajstić information content (AvgIpc) is 2.37. The van der Waals surface area contributed by atoms with Crippen LogP contribution in [0.5, 0.6) is 0 Å². The number of carbonyl (C=O) groups is 1. The molecule has 0 bridgehead atoms. The number of rotatable bonds is 6. The highest BCUT2D eigenvalue weighted by atomic mass is 32.2. The summed E-state index contributed by atoms with van der Waals surface area (Å²) < 4.78 is 9.73. The van der Waals surface area contributed by atoms with Gasteiger partial charge in [0, 0.05) is 4.90 Å². The number of hydrogen-bond donors (Lipinski definition) is 0. The normalized spacial score (nSPS) is 11.9. The number of unbranched alkanes of at least 4 members (excludes halogenated alkanes) is 1. The molecule has 0 radical (unpaired) electrons. The smallest absolute Gasteiger partial charge is 0.438 e. The second-order valence-corrected chi connectivity index (χ2v) is 4.81. The summed E-state index contributed by atoms with van der Waals surface area (Å²) in [5.74, 6) is 0. The summed E-state index contributed by atoms with van der Waals surface area (Å²) in [5.41, 5.74) is -0.176. The molecule has 0 N–H and O–H groups in total. The number of hydrogen-bond acceptors (Lipinski definition) is 4. The topological polar surface area (TPSA) is 35.5 Å². The molecular formula is C13H18O3S. The highest BCUT2D eigenvalue weighted by Crippen LogP contribution is 2.27. The zero-order valence-corrected chi connectivity index (χ0v) is 11.0. The van der Waals surface area contributed by atoms with Crippen LogP contribution in [-0.2, 0) is 9.47 Å². The van der Waals surface area contributed by atoms with Crippen molar-refractivity contribution in [3.8, 4) is 0 Å². The van der Waals surface area contributed by atoms with E-state index in [1.807, 2.05) is 30.3 Å². The van der Waals surface area contributed by atoms with Gasteiger partial charge >= 0.3 is 6.16 Å². The van der Waals surface area contributed by atoms with Gasteiger partial charge in [0.25, 0.3) is 0 Å². The highest BCUT2D eigenvalue weighted by Gasteiger charge is 2.15. The van der Waals surface area contributed by atoms with Gasteiger partial charge in [-0.15, -0.1) is 0 Å². The predicted octanol–water partition coefficient (Wildman–Crippen LogP) is 4.08. The maximum atomic E-state index is 11.1. The number of benzene rings is 1. The van der Waals surface area contributed by atoms with Crippen LogP contribution < -0.4 is 0 Å². The van der Waals surface area contributed by atoms with Gasteiger partial charge in [-0.05, 0) is 25.0 Å². The van der Waals surface area contributed by atoms with Crippen LogP contribution in [0.25, 0.3) is 0 Å². The first kappa shape index (κ1) is 13.9.